The third kappa shape index (κ3) is 6.53. The molecule has 9 nitrogen and oxygen atoms in total. The monoisotopic (exact) mass is 578 g/mol. The van der Waals surface area contributed by atoms with Gasteiger partial charge in [0.05, 0.1) is 29.7 Å². The molecule has 4 rings (SSSR count). The lowest BCUT2D eigenvalue weighted by atomic mass is 9.67. The maximum Gasteiger partial charge on any atom is 0.308 e. The van der Waals surface area contributed by atoms with Crippen molar-refractivity contribution in [1.82, 2.24) is 15.5 Å². The minimum atomic E-state index is -1.39. The number of hydrogen-bond acceptors (Lipinski definition) is 6. The van der Waals surface area contributed by atoms with Gasteiger partial charge in [-0.05, 0) is 55.7 Å². The van der Waals surface area contributed by atoms with E-state index in [1.807, 2.05) is 0 Å². The lowest BCUT2D eigenvalue weighted by Gasteiger charge is -2.41. The van der Waals surface area contributed by atoms with E-state index in [1.54, 1.807) is 0 Å². The number of cyclic esters (lactones) is 1. The normalized spacial score (nSPS) is 31.1. The second kappa shape index (κ2) is 12.3. The molecular formula is C29H40ClFN4O5. The van der Waals surface area contributed by atoms with Crippen LogP contribution in [0.15, 0.2) is 18.2 Å². The predicted molar refractivity (Wildman–Crippen MR) is 149 cm³/mol. The topological polar surface area (TPSA) is 131 Å². The van der Waals surface area contributed by atoms with Gasteiger partial charge < -0.3 is 26.0 Å². The number of carbonyl (C=O) groups excluding carboxylic acids is 4. The molecular weight excluding hydrogens is 539 g/mol. The number of esters is 1. The highest BCUT2D eigenvalue weighted by Gasteiger charge is 2.48. The number of nitrogens with zero attached hydrogens (tertiary/aromatic N) is 1. The van der Waals surface area contributed by atoms with Crippen molar-refractivity contribution < 1.29 is 28.3 Å². The summed E-state index contributed by atoms with van der Waals surface area (Å²) in [4.78, 5) is 53.0. The summed E-state index contributed by atoms with van der Waals surface area (Å²) in [5.41, 5.74) is 6.23. The van der Waals surface area contributed by atoms with Crippen LogP contribution >= 0.6 is 11.6 Å². The summed E-state index contributed by atoms with van der Waals surface area (Å²) in [5.74, 6) is -0.624. The molecule has 8 unspecified atom stereocenters. The summed E-state index contributed by atoms with van der Waals surface area (Å²) in [6.07, 6.45) is 1.11. The highest BCUT2D eigenvalue weighted by atomic mass is 35.5. The van der Waals surface area contributed by atoms with Crippen molar-refractivity contribution >= 4 is 41.0 Å². The lowest BCUT2D eigenvalue weighted by Crippen LogP contribution is -2.55. The molecule has 0 aromatic heterocycles. The number of rotatable bonds is 7. The summed E-state index contributed by atoms with van der Waals surface area (Å²) in [6, 6.07) is 1.74. The van der Waals surface area contributed by atoms with Gasteiger partial charge in [0.25, 0.3) is 5.91 Å². The van der Waals surface area contributed by atoms with E-state index in [4.69, 9.17) is 22.1 Å². The zero-order valence-corrected chi connectivity index (χ0v) is 24.2. The number of nitrogens with one attached hydrogen (secondary N) is 2. The van der Waals surface area contributed by atoms with E-state index in [1.165, 1.54) is 30.0 Å². The van der Waals surface area contributed by atoms with Crippen LogP contribution in [0.2, 0.25) is 5.02 Å². The van der Waals surface area contributed by atoms with Crippen molar-refractivity contribution in [3.8, 4) is 0 Å². The first-order valence-electron chi connectivity index (χ1n) is 14.2. The number of nitrogens with two attached hydrogens (primary N) is 1. The number of amides is 3. The van der Waals surface area contributed by atoms with Crippen LogP contribution in [0.5, 0.6) is 0 Å². The Kier molecular flexibility index (Phi) is 9.27. The van der Waals surface area contributed by atoms with Crippen molar-refractivity contribution in [2.24, 2.45) is 23.7 Å². The van der Waals surface area contributed by atoms with Crippen LogP contribution in [0.25, 0.3) is 0 Å². The van der Waals surface area contributed by atoms with Gasteiger partial charge in [-0.25, -0.2) is 4.39 Å². The zero-order valence-electron chi connectivity index (χ0n) is 23.5. The molecule has 8 atom stereocenters. The molecule has 2 saturated heterocycles. The summed E-state index contributed by atoms with van der Waals surface area (Å²) in [5, 5.41) is 5.74. The van der Waals surface area contributed by atoms with E-state index in [0.717, 1.165) is 19.3 Å². The smallest absolute Gasteiger partial charge is 0.308 e. The van der Waals surface area contributed by atoms with Crippen LogP contribution in [0.1, 0.15) is 70.2 Å². The fourth-order valence-electron chi connectivity index (χ4n) is 6.57. The van der Waals surface area contributed by atoms with E-state index < -0.39 is 48.1 Å². The molecule has 3 aliphatic rings. The molecule has 220 valence electrons. The van der Waals surface area contributed by atoms with Crippen molar-refractivity contribution in [2.75, 3.05) is 12.3 Å². The minimum absolute atomic E-state index is 0.0441. The molecule has 1 aromatic carbocycles. The van der Waals surface area contributed by atoms with Gasteiger partial charge in [0, 0.05) is 17.9 Å². The first-order valence-corrected chi connectivity index (χ1v) is 14.5. The SMILES string of the molecule is CC1CCC(C(C)C)C(C2OC(=O)CC2NC(=O)C2CC(F)CN2C(=O)C(C)NC(=O)c2ccc(N)c(Cl)c2)C1. The van der Waals surface area contributed by atoms with Gasteiger partial charge in [0.15, 0.2) is 0 Å². The summed E-state index contributed by atoms with van der Waals surface area (Å²) in [6.45, 7) is 7.75. The summed E-state index contributed by atoms with van der Waals surface area (Å²) < 4.78 is 20.3. The fourth-order valence-corrected chi connectivity index (χ4v) is 6.75. The van der Waals surface area contributed by atoms with Gasteiger partial charge in [0.1, 0.15) is 24.4 Å². The van der Waals surface area contributed by atoms with Gasteiger partial charge in [-0.2, -0.15) is 0 Å². The van der Waals surface area contributed by atoms with Crippen LogP contribution in [0.3, 0.4) is 0 Å². The van der Waals surface area contributed by atoms with Gasteiger partial charge in [-0.15, -0.1) is 0 Å². The molecule has 2 heterocycles. The molecule has 4 N–H and O–H groups in total. The maximum absolute atomic E-state index is 14.6. The van der Waals surface area contributed by atoms with Crippen LogP contribution in [-0.2, 0) is 19.1 Å². The average Bonchev–Trinajstić information content (AvgIpc) is 3.46. The molecule has 0 bridgehead atoms. The molecule has 40 heavy (non-hydrogen) atoms. The Balaban J connectivity index is 1.44. The Morgan fingerprint density at radius 1 is 1.18 bits per heavy atom. The van der Waals surface area contributed by atoms with E-state index in [9.17, 15) is 23.6 Å². The van der Waals surface area contributed by atoms with Gasteiger partial charge in [0.2, 0.25) is 11.8 Å². The van der Waals surface area contributed by atoms with Crippen LogP contribution in [0.4, 0.5) is 10.1 Å². The van der Waals surface area contributed by atoms with Crippen LogP contribution in [0, 0.1) is 23.7 Å². The van der Waals surface area contributed by atoms with E-state index in [-0.39, 0.29) is 41.9 Å². The van der Waals surface area contributed by atoms with Crippen molar-refractivity contribution in [2.45, 2.75) is 90.2 Å². The number of ether oxygens (including phenoxy) is 1. The number of carbonyl (C=O) groups is 4. The molecule has 0 spiro atoms. The number of anilines is 1. The van der Waals surface area contributed by atoms with Gasteiger partial charge in [-0.1, -0.05) is 38.8 Å². The van der Waals surface area contributed by atoms with Crippen LogP contribution < -0.4 is 16.4 Å². The molecule has 1 aliphatic carbocycles. The zero-order chi connectivity index (χ0) is 29.3. The maximum atomic E-state index is 14.6. The standard InChI is InChI=1S/C29H40ClFN4O5/c1-14(2)19-7-5-15(3)9-20(19)26-23(12-25(36)40-26)34-28(38)24-11-18(31)13-35(24)29(39)16(4)33-27(37)17-6-8-22(32)21(30)10-17/h6,8,10,14-16,18-20,23-24,26H,5,7,9,11-13,32H2,1-4H3,(H,33,37)(H,34,38). The second-order valence-corrected chi connectivity index (χ2v) is 12.4. The largest absolute Gasteiger partial charge is 0.460 e. The number of alkyl halides is 1. The number of likely N-dealkylation sites (tertiary alicyclic amines) is 1. The predicted octanol–water partition coefficient (Wildman–Crippen LogP) is 3.49. The fraction of sp³-hybridized carbons (Fsp3) is 0.655. The first-order chi connectivity index (χ1) is 18.8. The summed E-state index contributed by atoms with van der Waals surface area (Å²) in [7, 11) is 0. The van der Waals surface area contributed by atoms with E-state index >= 15 is 0 Å². The van der Waals surface area contributed by atoms with Gasteiger partial charge in [-0.3, -0.25) is 19.2 Å². The third-order valence-electron chi connectivity index (χ3n) is 8.69. The van der Waals surface area contributed by atoms with Gasteiger partial charge >= 0.3 is 5.97 Å². The second-order valence-electron chi connectivity index (χ2n) is 12.0. The Morgan fingerprint density at radius 2 is 1.90 bits per heavy atom. The summed E-state index contributed by atoms with van der Waals surface area (Å²) >= 11 is 6.00. The average molecular weight is 579 g/mol. The number of halogens is 2. The third-order valence-corrected chi connectivity index (χ3v) is 9.02. The molecule has 3 fully saturated rings. The quantitative estimate of drug-likeness (QED) is 0.335. The van der Waals surface area contributed by atoms with Crippen molar-refractivity contribution in [3.05, 3.63) is 28.8 Å². The number of benzene rings is 1. The van der Waals surface area contributed by atoms with Crippen LogP contribution in [-0.4, -0.2) is 65.5 Å². The highest BCUT2D eigenvalue weighted by molar-refractivity contribution is 6.33. The number of nitrogen functional groups attached to an aromatic ring is 1. The van der Waals surface area contributed by atoms with Crippen molar-refractivity contribution in [3.63, 3.8) is 0 Å². The Labute approximate surface area is 239 Å². The van der Waals surface area contributed by atoms with Crippen molar-refractivity contribution in [1.29, 1.82) is 0 Å². The molecule has 1 saturated carbocycles. The first kappa shape index (κ1) is 30.1. The van der Waals surface area contributed by atoms with E-state index in [0.29, 0.717) is 23.4 Å². The Hall–Kier alpha value is -2.88. The number of hydrogen-bond donors (Lipinski definition) is 3. The molecule has 3 amide bonds. The lowest BCUT2D eigenvalue weighted by molar-refractivity contribution is -0.146. The Bertz CT molecular complexity index is 1150. The molecule has 11 heteroatoms. The highest BCUT2D eigenvalue weighted by Crippen LogP contribution is 2.43. The Morgan fingerprint density at radius 3 is 2.58 bits per heavy atom. The minimum Gasteiger partial charge on any atom is -0.460 e. The van der Waals surface area contributed by atoms with E-state index in [2.05, 4.69) is 31.4 Å². The molecule has 2 aliphatic heterocycles. The molecule has 0 radical (unpaired) electrons. The molecule has 1 aromatic rings.